The SMILES string of the molecule is CCC(CC)(CC)[SiH](C)O. The van der Waals surface area contributed by atoms with Gasteiger partial charge in [0.05, 0.1) is 0 Å². The number of rotatable bonds is 4. The van der Waals surface area contributed by atoms with Gasteiger partial charge >= 0.3 is 0 Å². The van der Waals surface area contributed by atoms with Crippen LogP contribution in [0.3, 0.4) is 0 Å². The van der Waals surface area contributed by atoms with E-state index in [2.05, 4.69) is 20.8 Å². The maximum Gasteiger partial charge on any atom is 0.175 e. The maximum absolute atomic E-state index is 9.60. The zero-order valence-electron chi connectivity index (χ0n) is 7.65. The summed E-state index contributed by atoms with van der Waals surface area (Å²) in [6.45, 7) is 8.60. The van der Waals surface area contributed by atoms with E-state index in [1.54, 1.807) is 0 Å². The first-order valence-electron chi connectivity index (χ1n) is 4.31. The van der Waals surface area contributed by atoms with Crippen LogP contribution in [0.1, 0.15) is 40.0 Å². The van der Waals surface area contributed by atoms with E-state index in [0.29, 0.717) is 5.04 Å². The lowest BCUT2D eigenvalue weighted by molar-refractivity contribution is 0.418. The lowest BCUT2D eigenvalue weighted by Gasteiger charge is -2.32. The summed E-state index contributed by atoms with van der Waals surface area (Å²) in [5.41, 5.74) is 0. The summed E-state index contributed by atoms with van der Waals surface area (Å²) in [6.07, 6.45) is 3.43. The first kappa shape index (κ1) is 10.2. The zero-order chi connectivity index (χ0) is 8.20. The summed E-state index contributed by atoms with van der Waals surface area (Å²) in [5.74, 6) is 0. The molecule has 0 saturated carbocycles. The summed E-state index contributed by atoms with van der Waals surface area (Å²) >= 11 is 0. The molecule has 2 heteroatoms. The van der Waals surface area contributed by atoms with Crippen molar-refractivity contribution in [3.05, 3.63) is 0 Å². The fraction of sp³-hybridized carbons (Fsp3) is 1.00. The van der Waals surface area contributed by atoms with Crippen LogP contribution in [0, 0.1) is 0 Å². The molecular weight excluding hydrogens is 140 g/mol. The highest BCUT2D eigenvalue weighted by Crippen LogP contribution is 2.40. The van der Waals surface area contributed by atoms with Crippen LogP contribution in [0.15, 0.2) is 0 Å². The molecule has 62 valence electrons. The molecule has 0 aliphatic carbocycles. The summed E-state index contributed by atoms with van der Waals surface area (Å²) in [7, 11) is -1.42. The highest BCUT2D eigenvalue weighted by Gasteiger charge is 2.30. The molecule has 0 heterocycles. The van der Waals surface area contributed by atoms with Gasteiger partial charge in [-0.05, 0) is 11.6 Å². The summed E-state index contributed by atoms with van der Waals surface area (Å²) in [6, 6.07) is 0. The highest BCUT2D eigenvalue weighted by atomic mass is 28.3. The molecule has 1 nitrogen and oxygen atoms in total. The largest absolute Gasteiger partial charge is 0.434 e. The van der Waals surface area contributed by atoms with Gasteiger partial charge in [0.2, 0.25) is 0 Å². The first-order valence-corrected chi connectivity index (χ1v) is 6.55. The standard InChI is InChI=1S/C8H20OSi/c1-5-8(6-2,7-3)10(4)9/h9-10H,5-7H2,1-4H3. The van der Waals surface area contributed by atoms with Crippen molar-refractivity contribution in [3.8, 4) is 0 Å². The van der Waals surface area contributed by atoms with Crippen LogP contribution >= 0.6 is 0 Å². The minimum Gasteiger partial charge on any atom is -0.434 e. The Labute approximate surface area is 66.2 Å². The second-order valence-electron chi connectivity index (χ2n) is 3.10. The van der Waals surface area contributed by atoms with Gasteiger partial charge in [0.15, 0.2) is 9.04 Å². The van der Waals surface area contributed by atoms with Gasteiger partial charge < -0.3 is 4.80 Å². The zero-order valence-corrected chi connectivity index (χ0v) is 8.80. The molecule has 0 aromatic rings. The quantitative estimate of drug-likeness (QED) is 0.626. The third-order valence-electron chi connectivity index (χ3n) is 3.00. The van der Waals surface area contributed by atoms with Gasteiger partial charge in [-0.15, -0.1) is 0 Å². The fourth-order valence-corrected chi connectivity index (χ4v) is 3.41. The normalized spacial score (nSPS) is 15.3. The summed E-state index contributed by atoms with van der Waals surface area (Å²) in [5, 5.41) is 0.319. The van der Waals surface area contributed by atoms with Crippen LogP contribution in [0.5, 0.6) is 0 Å². The Hall–Kier alpha value is 0.177. The maximum atomic E-state index is 9.60. The molecule has 1 N–H and O–H groups in total. The molecule has 0 amide bonds. The smallest absolute Gasteiger partial charge is 0.175 e. The molecule has 0 spiro atoms. The molecule has 0 fully saturated rings. The topological polar surface area (TPSA) is 20.2 Å². The van der Waals surface area contributed by atoms with Gasteiger partial charge in [-0.25, -0.2) is 0 Å². The predicted octanol–water partition coefficient (Wildman–Crippen LogP) is 2.30. The summed E-state index contributed by atoms with van der Waals surface area (Å²) in [4.78, 5) is 9.60. The van der Waals surface area contributed by atoms with Crippen molar-refractivity contribution in [2.45, 2.75) is 51.6 Å². The van der Waals surface area contributed by atoms with Gasteiger partial charge in [0, 0.05) is 0 Å². The average Bonchev–Trinajstić information content (AvgIpc) is 1.92. The van der Waals surface area contributed by atoms with Crippen molar-refractivity contribution in [1.82, 2.24) is 0 Å². The fourth-order valence-electron chi connectivity index (χ4n) is 1.64. The second kappa shape index (κ2) is 4.14. The van der Waals surface area contributed by atoms with Crippen LogP contribution in [-0.2, 0) is 0 Å². The van der Waals surface area contributed by atoms with Crippen LogP contribution in [0.25, 0.3) is 0 Å². The molecule has 10 heavy (non-hydrogen) atoms. The first-order chi connectivity index (χ1) is 4.63. The predicted molar refractivity (Wildman–Crippen MR) is 48.8 cm³/mol. The van der Waals surface area contributed by atoms with Crippen LogP contribution < -0.4 is 0 Å². The second-order valence-corrected chi connectivity index (χ2v) is 5.68. The van der Waals surface area contributed by atoms with E-state index in [-0.39, 0.29) is 0 Å². The Balaban J connectivity index is 4.15. The van der Waals surface area contributed by atoms with Crippen molar-refractivity contribution in [3.63, 3.8) is 0 Å². The van der Waals surface area contributed by atoms with Crippen molar-refractivity contribution in [2.24, 2.45) is 0 Å². The molecule has 0 aliphatic heterocycles. The van der Waals surface area contributed by atoms with E-state index in [4.69, 9.17) is 0 Å². The molecular formula is C8H20OSi. The monoisotopic (exact) mass is 160 g/mol. The minimum absolute atomic E-state index is 0.319. The number of hydrogen-bond donors (Lipinski definition) is 1. The van der Waals surface area contributed by atoms with Crippen molar-refractivity contribution >= 4 is 9.04 Å². The Bertz CT molecular complexity index is 79.0. The average molecular weight is 160 g/mol. The van der Waals surface area contributed by atoms with E-state index < -0.39 is 9.04 Å². The van der Waals surface area contributed by atoms with E-state index in [1.165, 1.54) is 0 Å². The van der Waals surface area contributed by atoms with E-state index in [9.17, 15) is 4.80 Å². The number of hydrogen-bond acceptors (Lipinski definition) is 1. The lowest BCUT2D eigenvalue weighted by Crippen LogP contribution is -2.28. The van der Waals surface area contributed by atoms with Crippen molar-refractivity contribution in [2.75, 3.05) is 0 Å². The molecule has 0 aromatic heterocycles. The van der Waals surface area contributed by atoms with E-state index in [1.807, 2.05) is 6.55 Å². The van der Waals surface area contributed by atoms with E-state index in [0.717, 1.165) is 19.3 Å². The molecule has 0 aromatic carbocycles. The van der Waals surface area contributed by atoms with Crippen LogP contribution in [0.2, 0.25) is 11.6 Å². The Morgan fingerprint density at radius 1 is 1.10 bits per heavy atom. The van der Waals surface area contributed by atoms with Crippen LogP contribution in [-0.4, -0.2) is 13.8 Å². The van der Waals surface area contributed by atoms with Gasteiger partial charge in [-0.2, -0.15) is 0 Å². The molecule has 0 aliphatic rings. The van der Waals surface area contributed by atoms with Crippen molar-refractivity contribution < 1.29 is 4.80 Å². The van der Waals surface area contributed by atoms with Gasteiger partial charge in [-0.1, -0.05) is 40.0 Å². The summed E-state index contributed by atoms with van der Waals surface area (Å²) < 4.78 is 0. The molecule has 0 radical (unpaired) electrons. The highest BCUT2D eigenvalue weighted by molar-refractivity contribution is 6.52. The van der Waals surface area contributed by atoms with Gasteiger partial charge in [-0.3, -0.25) is 0 Å². The molecule has 0 rings (SSSR count). The molecule has 1 unspecified atom stereocenters. The third-order valence-corrected chi connectivity index (χ3v) is 6.00. The van der Waals surface area contributed by atoms with E-state index >= 15 is 0 Å². The molecule has 0 saturated heterocycles. The van der Waals surface area contributed by atoms with Crippen LogP contribution in [0.4, 0.5) is 0 Å². The van der Waals surface area contributed by atoms with Gasteiger partial charge in [0.25, 0.3) is 0 Å². The Morgan fingerprint density at radius 3 is 1.40 bits per heavy atom. The van der Waals surface area contributed by atoms with Gasteiger partial charge in [0.1, 0.15) is 0 Å². The molecule has 1 atom stereocenters. The van der Waals surface area contributed by atoms with Crippen molar-refractivity contribution in [1.29, 1.82) is 0 Å². The Morgan fingerprint density at radius 2 is 1.40 bits per heavy atom. The lowest BCUT2D eigenvalue weighted by atomic mass is 9.99. The minimum atomic E-state index is -1.42. The molecule has 0 bridgehead atoms. The third kappa shape index (κ3) is 1.83. The Kier molecular flexibility index (Phi) is 4.21.